The summed E-state index contributed by atoms with van der Waals surface area (Å²) in [6, 6.07) is 0.270. The van der Waals surface area contributed by atoms with Crippen LogP contribution in [0.15, 0.2) is 11.6 Å². The maximum atomic E-state index is 12.9. The van der Waals surface area contributed by atoms with Crippen molar-refractivity contribution in [2.45, 2.75) is 77.4 Å². The molecular formula is C25H41Cl3N2O2. The Morgan fingerprint density at radius 1 is 1.12 bits per heavy atom. The standard InChI is InChI=1S/C25H40Cl2N2O2.ClH/c1-24-9-7-18(30)15-17(24)3-4-19-20-5-6-22(25(20,2)10-8-21(19)24)28-23(31)16-29(13-11-26)14-12-27;/h3,18-22,30H,4-16H2,1-2H3,(H,28,31);1H. The molecule has 0 saturated heterocycles. The molecule has 4 nitrogen and oxygen atoms in total. The summed E-state index contributed by atoms with van der Waals surface area (Å²) >= 11 is 11.8. The van der Waals surface area contributed by atoms with Crippen molar-refractivity contribution in [3.63, 3.8) is 0 Å². The molecule has 0 radical (unpaired) electrons. The van der Waals surface area contributed by atoms with E-state index in [9.17, 15) is 9.90 Å². The Hall–Kier alpha value is -0.000000000000000111. The first-order valence-corrected chi connectivity index (χ1v) is 13.4. The number of hydrogen-bond acceptors (Lipinski definition) is 3. The molecule has 0 aromatic heterocycles. The van der Waals surface area contributed by atoms with Crippen molar-refractivity contribution in [3.8, 4) is 0 Å². The van der Waals surface area contributed by atoms with Gasteiger partial charge in [0.2, 0.25) is 5.91 Å². The molecule has 3 fully saturated rings. The van der Waals surface area contributed by atoms with Gasteiger partial charge in [-0.1, -0.05) is 25.5 Å². The van der Waals surface area contributed by atoms with Crippen molar-refractivity contribution in [1.29, 1.82) is 0 Å². The lowest BCUT2D eigenvalue weighted by Crippen LogP contribution is -2.54. The van der Waals surface area contributed by atoms with Crippen LogP contribution in [0.25, 0.3) is 0 Å². The van der Waals surface area contributed by atoms with Gasteiger partial charge in [-0.15, -0.1) is 35.6 Å². The Morgan fingerprint density at radius 3 is 2.53 bits per heavy atom. The third-order valence-corrected chi connectivity index (χ3v) is 9.92. The number of allylic oxidation sites excluding steroid dienone is 1. The van der Waals surface area contributed by atoms with E-state index in [2.05, 4.69) is 25.2 Å². The number of fused-ring (bicyclic) bond motifs is 5. The van der Waals surface area contributed by atoms with E-state index in [4.69, 9.17) is 23.2 Å². The normalized spacial score (nSPS) is 40.6. The lowest BCUT2D eigenvalue weighted by molar-refractivity contribution is -0.124. The number of hydrogen-bond donors (Lipinski definition) is 2. The minimum atomic E-state index is -0.145. The lowest BCUT2D eigenvalue weighted by Gasteiger charge is -2.58. The van der Waals surface area contributed by atoms with Crippen LogP contribution in [0.4, 0.5) is 0 Å². The largest absolute Gasteiger partial charge is 0.393 e. The SMILES string of the molecule is CC12CCC(O)CC1=CCC1C2CCC2(C)C(NC(=O)CN(CCCl)CCCl)CCC12.Cl. The van der Waals surface area contributed by atoms with E-state index in [-0.39, 0.29) is 41.3 Å². The molecule has 2 N–H and O–H groups in total. The van der Waals surface area contributed by atoms with Crippen LogP contribution in [-0.2, 0) is 4.79 Å². The van der Waals surface area contributed by atoms with Gasteiger partial charge in [0.05, 0.1) is 12.6 Å². The molecule has 1 amide bonds. The van der Waals surface area contributed by atoms with Crippen LogP contribution < -0.4 is 5.32 Å². The van der Waals surface area contributed by atoms with E-state index in [1.165, 1.54) is 24.8 Å². The molecule has 7 heteroatoms. The molecule has 184 valence electrons. The highest BCUT2D eigenvalue weighted by Gasteiger charge is 2.58. The van der Waals surface area contributed by atoms with Crippen molar-refractivity contribution in [1.82, 2.24) is 10.2 Å². The summed E-state index contributed by atoms with van der Waals surface area (Å²) in [5.41, 5.74) is 1.99. The zero-order chi connectivity index (χ0) is 22.2. The Kier molecular flexibility index (Phi) is 8.92. The van der Waals surface area contributed by atoms with Crippen molar-refractivity contribution in [3.05, 3.63) is 11.6 Å². The minimum absolute atomic E-state index is 0. The first-order valence-electron chi connectivity index (χ1n) is 12.3. The van der Waals surface area contributed by atoms with Crippen LogP contribution >= 0.6 is 35.6 Å². The van der Waals surface area contributed by atoms with Crippen molar-refractivity contribution < 1.29 is 9.90 Å². The number of halogens is 3. The molecule has 7 atom stereocenters. The first kappa shape index (κ1) is 26.6. The van der Waals surface area contributed by atoms with E-state index in [0.29, 0.717) is 43.2 Å². The Bertz CT molecular complexity index is 699. The molecule has 4 rings (SSSR count). The Morgan fingerprint density at radius 2 is 1.84 bits per heavy atom. The average molecular weight is 508 g/mol. The quantitative estimate of drug-likeness (QED) is 0.377. The summed E-state index contributed by atoms with van der Waals surface area (Å²) < 4.78 is 0. The molecule has 0 aliphatic heterocycles. The van der Waals surface area contributed by atoms with E-state index < -0.39 is 0 Å². The number of rotatable bonds is 7. The van der Waals surface area contributed by atoms with E-state index >= 15 is 0 Å². The number of alkyl halides is 2. The molecule has 0 heterocycles. The molecule has 4 aliphatic rings. The second kappa shape index (κ2) is 10.7. The Labute approximate surface area is 210 Å². The Balaban J connectivity index is 0.00000289. The summed E-state index contributed by atoms with van der Waals surface area (Å²) in [5.74, 6) is 3.27. The third kappa shape index (κ3) is 4.87. The number of amides is 1. The summed E-state index contributed by atoms with van der Waals surface area (Å²) in [4.78, 5) is 14.9. The zero-order valence-electron chi connectivity index (χ0n) is 19.6. The van der Waals surface area contributed by atoms with Crippen LogP contribution in [-0.4, -0.2) is 59.5 Å². The number of carbonyl (C=O) groups excluding carboxylic acids is 1. The summed E-state index contributed by atoms with van der Waals surface area (Å²) in [6.45, 7) is 6.68. The molecule has 7 unspecified atom stereocenters. The van der Waals surface area contributed by atoms with Gasteiger partial charge in [0.1, 0.15) is 0 Å². The molecule has 0 bridgehead atoms. The number of nitrogens with one attached hydrogen (secondary N) is 1. The fourth-order valence-electron chi connectivity index (χ4n) is 7.83. The summed E-state index contributed by atoms with van der Waals surface area (Å²) in [7, 11) is 0. The smallest absolute Gasteiger partial charge is 0.234 e. The number of aliphatic hydroxyl groups excluding tert-OH is 1. The van der Waals surface area contributed by atoms with Crippen LogP contribution in [0.1, 0.15) is 65.2 Å². The van der Waals surface area contributed by atoms with E-state index in [0.717, 1.165) is 38.0 Å². The second-order valence-corrected chi connectivity index (χ2v) is 11.8. The monoisotopic (exact) mass is 506 g/mol. The van der Waals surface area contributed by atoms with Crippen molar-refractivity contribution in [2.75, 3.05) is 31.4 Å². The predicted octanol–water partition coefficient (Wildman–Crippen LogP) is 5.00. The average Bonchev–Trinajstić information content (AvgIpc) is 3.05. The van der Waals surface area contributed by atoms with Crippen LogP contribution in [0.5, 0.6) is 0 Å². The maximum absolute atomic E-state index is 12.9. The summed E-state index contributed by atoms with van der Waals surface area (Å²) in [6.07, 6.45) is 11.2. The number of nitrogens with zero attached hydrogens (tertiary/aromatic N) is 1. The van der Waals surface area contributed by atoms with Gasteiger partial charge in [0.25, 0.3) is 0 Å². The second-order valence-electron chi connectivity index (χ2n) is 11.1. The number of aliphatic hydroxyl groups is 1. The molecular weight excluding hydrogens is 467 g/mol. The minimum Gasteiger partial charge on any atom is -0.393 e. The van der Waals surface area contributed by atoms with Gasteiger partial charge >= 0.3 is 0 Å². The highest BCUT2D eigenvalue weighted by molar-refractivity contribution is 6.18. The molecule has 3 saturated carbocycles. The molecule has 32 heavy (non-hydrogen) atoms. The molecule has 0 spiro atoms. The van der Waals surface area contributed by atoms with E-state index in [1.54, 1.807) is 0 Å². The first-order chi connectivity index (χ1) is 14.8. The predicted molar refractivity (Wildman–Crippen MR) is 135 cm³/mol. The van der Waals surface area contributed by atoms with Gasteiger partial charge in [0.15, 0.2) is 0 Å². The van der Waals surface area contributed by atoms with Gasteiger partial charge in [-0.25, -0.2) is 0 Å². The third-order valence-electron chi connectivity index (χ3n) is 9.58. The summed E-state index contributed by atoms with van der Waals surface area (Å²) in [5, 5.41) is 13.6. The molecule has 0 aromatic rings. The highest BCUT2D eigenvalue weighted by Crippen LogP contribution is 2.64. The van der Waals surface area contributed by atoms with Gasteiger partial charge in [-0.2, -0.15) is 0 Å². The van der Waals surface area contributed by atoms with E-state index in [1.807, 2.05) is 4.90 Å². The topological polar surface area (TPSA) is 52.6 Å². The van der Waals surface area contributed by atoms with Crippen molar-refractivity contribution in [2.24, 2.45) is 28.6 Å². The maximum Gasteiger partial charge on any atom is 0.234 e. The van der Waals surface area contributed by atoms with Gasteiger partial charge in [-0.05, 0) is 80.0 Å². The van der Waals surface area contributed by atoms with Gasteiger partial charge in [0, 0.05) is 30.9 Å². The van der Waals surface area contributed by atoms with Crippen molar-refractivity contribution >= 4 is 41.5 Å². The van der Waals surface area contributed by atoms with Gasteiger partial charge in [-0.3, -0.25) is 9.69 Å². The van der Waals surface area contributed by atoms with Crippen LogP contribution in [0, 0.1) is 28.6 Å². The molecule has 4 aliphatic carbocycles. The van der Waals surface area contributed by atoms with Crippen LogP contribution in [0.2, 0.25) is 0 Å². The van der Waals surface area contributed by atoms with Gasteiger partial charge < -0.3 is 10.4 Å². The van der Waals surface area contributed by atoms with Crippen LogP contribution in [0.3, 0.4) is 0 Å². The zero-order valence-corrected chi connectivity index (χ0v) is 22.0. The lowest BCUT2D eigenvalue weighted by atomic mass is 9.48. The highest BCUT2D eigenvalue weighted by atomic mass is 35.5. The molecule has 0 aromatic carbocycles. The number of carbonyl (C=O) groups is 1. The fourth-order valence-corrected chi connectivity index (χ4v) is 8.31. The fraction of sp³-hybridized carbons (Fsp3) is 0.880.